The van der Waals surface area contributed by atoms with E-state index >= 15 is 0 Å². The Morgan fingerprint density at radius 3 is 3.27 bits per heavy atom. The van der Waals surface area contributed by atoms with Crippen molar-refractivity contribution in [1.29, 1.82) is 0 Å². The summed E-state index contributed by atoms with van der Waals surface area (Å²) in [6, 6.07) is 0. The molecule has 1 unspecified atom stereocenters. The number of carbonyl (C=O) groups is 1. The van der Waals surface area contributed by atoms with Gasteiger partial charge >= 0.3 is 5.97 Å². The van der Waals surface area contributed by atoms with Crippen LogP contribution < -0.4 is 0 Å². The first-order valence-electron chi connectivity index (χ1n) is 3.67. The Morgan fingerprint density at radius 2 is 2.55 bits per heavy atom. The molecule has 0 aliphatic carbocycles. The summed E-state index contributed by atoms with van der Waals surface area (Å²) in [4.78, 5) is 12.6. The van der Waals surface area contributed by atoms with Gasteiger partial charge in [0, 0.05) is 18.4 Å². The number of hydrogen-bond acceptors (Lipinski definition) is 2. The van der Waals surface area contributed by atoms with Gasteiger partial charge in [-0.25, -0.2) is 0 Å². The highest BCUT2D eigenvalue weighted by molar-refractivity contribution is 5.76. The highest BCUT2D eigenvalue weighted by atomic mass is 16.4. The lowest BCUT2D eigenvalue weighted by molar-refractivity contribution is -0.139. The molecule has 0 aromatic heterocycles. The minimum Gasteiger partial charge on any atom is -0.481 e. The van der Waals surface area contributed by atoms with Crippen LogP contribution in [0.4, 0.5) is 0 Å². The normalized spacial score (nSPS) is 27.1. The van der Waals surface area contributed by atoms with Gasteiger partial charge in [-0.05, 0) is 12.5 Å². The van der Waals surface area contributed by atoms with Gasteiger partial charge in [-0.2, -0.15) is 0 Å². The van der Waals surface area contributed by atoms with E-state index in [1.807, 2.05) is 17.2 Å². The van der Waals surface area contributed by atoms with Crippen LogP contribution in [0.3, 0.4) is 0 Å². The van der Waals surface area contributed by atoms with Crippen LogP contribution in [0.1, 0.15) is 6.42 Å². The van der Waals surface area contributed by atoms with Gasteiger partial charge in [-0.15, -0.1) is 0 Å². The fraction of sp³-hybridized carbons (Fsp3) is 0.375. The third-order valence-electron chi connectivity index (χ3n) is 2.10. The third-order valence-corrected chi connectivity index (χ3v) is 2.10. The van der Waals surface area contributed by atoms with E-state index in [0.29, 0.717) is 0 Å². The molecule has 58 valence electrons. The quantitative estimate of drug-likeness (QED) is 0.602. The van der Waals surface area contributed by atoms with Crippen LogP contribution in [-0.4, -0.2) is 22.5 Å². The standard InChI is InChI=1S/C8H9NO2/c10-8(11)6-3-5-9-4-1-2-7(6)9/h2-3,5-6H,1,4H2,(H,10,11). The number of fused-ring (bicyclic) bond motifs is 1. The monoisotopic (exact) mass is 151 g/mol. The second-order valence-electron chi connectivity index (χ2n) is 2.77. The summed E-state index contributed by atoms with van der Waals surface area (Å²) in [6.45, 7) is 0.940. The molecule has 0 amide bonds. The van der Waals surface area contributed by atoms with Gasteiger partial charge in [-0.3, -0.25) is 4.79 Å². The summed E-state index contributed by atoms with van der Waals surface area (Å²) in [5.74, 6) is -1.14. The molecule has 0 fully saturated rings. The summed E-state index contributed by atoms with van der Waals surface area (Å²) in [5, 5.41) is 8.74. The second-order valence-corrected chi connectivity index (χ2v) is 2.77. The highest BCUT2D eigenvalue weighted by Crippen LogP contribution is 2.29. The minimum absolute atomic E-state index is 0.391. The first-order chi connectivity index (χ1) is 5.29. The van der Waals surface area contributed by atoms with Crippen LogP contribution in [0.2, 0.25) is 0 Å². The summed E-state index contributed by atoms with van der Waals surface area (Å²) >= 11 is 0. The smallest absolute Gasteiger partial charge is 0.316 e. The predicted octanol–water partition coefficient (Wildman–Crippen LogP) is 0.804. The molecule has 2 aliphatic rings. The van der Waals surface area contributed by atoms with Gasteiger partial charge in [0.15, 0.2) is 0 Å². The number of carboxylic acid groups (broad SMARTS) is 1. The summed E-state index contributed by atoms with van der Waals surface area (Å²) in [7, 11) is 0. The average Bonchev–Trinajstić information content (AvgIpc) is 2.41. The molecule has 0 radical (unpaired) electrons. The lowest BCUT2D eigenvalue weighted by Crippen LogP contribution is -2.16. The molecule has 0 bridgehead atoms. The van der Waals surface area contributed by atoms with Crippen molar-refractivity contribution < 1.29 is 9.90 Å². The zero-order chi connectivity index (χ0) is 7.84. The maximum Gasteiger partial charge on any atom is 0.316 e. The van der Waals surface area contributed by atoms with E-state index < -0.39 is 11.9 Å². The van der Waals surface area contributed by atoms with Gasteiger partial charge in [0.2, 0.25) is 0 Å². The number of rotatable bonds is 1. The molecule has 11 heavy (non-hydrogen) atoms. The molecule has 1 atom stereocenters. The average molecular weight is 151 g/mol. The van der Waals surface area contributed by atoms with E-state index in [1.165, 1.54) is 0 Å². The molecule has 0 saturated carbocycles. The highest BCUT2D eigenvalue weighted by Gasteiger charge is 2.30. The van der Waals surface area contributed by atoms with Crippen molar-refractivity contribution in [3.63, 3.8) is 0 Å². The molecule has 0 aromatic rings. The van der Waals surface area contributed by atoms with E-state index in [1.54, 1.807) is 6.08 Å². The molecule has 2 heterocycles. The van der Waals surface area contributed by atoms with Crippen LogP contribution in [0.25, 0.3) is 0 Å². The van der Waals surface area contributed by atoms with Crippen LogP contribution >= 0.6 is 0 Å². The van der Waals surface area contributed by atoms with Crippen molar-refractivity contribution in [1.82, 2.24) is 4.90 Å². The molecule has 2 rings (SSSR count). The van der Waals surface area contributed by atoms with Gasteiger partial charge in [0.25, 0.3) is 0 Å². The van der Waals surface area contributed by atoms with Gasteiger partial charge in [0.1, 0.15) is 5.92 Å². The molecular formula is C8H9NO2. The molecular weight excluding hydrogens is 142 g/mol. The van der Waals surface area contributed by atoms with Crippen LogP contribution in [-0.2, 0) is 4.79 Å². The first-order valence-corrected chi connectivity index (χ1v) is 3.67. The largest absolute Gasteiger partial charge is 0.481 e. The maximum absolute atomic E-state index is 10.6. The van der Waals surface area contributed by atoms with Gasteiger partial charge in [0.05, 0.1) is 0 Å². The number of aliphatic carboxylic acids is 1. The van der Waals surface area contributed by atoms with E-state index in [0.717, 1.165) is 18.7 Å². The number of carboxylic acids is 1. The molecule has 1 N–H and O–H groups in total. The van der Waals surface area contributed by atoms with E-state index in [-0.39, 0.29) is 0 Å². The topological polar surface area (TPSA) is 40.5 Å². The van der Waals surface area contributed by atoms with E-state index in [4.69, 9.17) is 5.11 Å². The Bertz CT molecular complexity index is 255. The van der Waals surface area contributed by atoms with Crippen molar-refractivity contribution in [2.24, 2.45) is 5.92 Å². The third kappa shape index (κ3) is 0.843. The Labute approximate surface area is 64.6 Å². The van der Waals surface area contributed by atoms with Crippen molar-refractivity contribution >= 4 is 5.97 Å². The predicted molar refractivity (Wildman–Crippen MR) is 39.7 cm³/mol. The second kappa shape index (κ2) is 2.12. The first kappa shape index (κ1) is 6.46. The Hall–Kier alpha value is -1.25. The molecule has 0 saturated heterocycles. The Balaban J connectivity index is 2.26. The lowest BCUT2D eigenvalue weighted by Gasteiger charge is -2.12. The molecule has 3 heteroatoms. The molecule has 3 nitrogen and oxygen atoms in total. The summed E-state index contributed by atoms with van der Waals surface area (Å²) in [5.41, 5.74) is 0.942. The number of hydrogen-bond donors (Lipinski definition) is 1. The van der Waals surface area contributed by atoms with Gasteiger partial charge < -0.3 is 10.0 Å². The van der Waals surface area contributed by atoms with Crippen LogP contribution in [0, 0.1) is 5.92 Å². The van der Waals surface area contributed by atoms with Crippen molar-refractivity contribution in [2.75, 3.05) is 6.54 Å². The fourth-order valence-corrected chi connectivity index (χ4v) is 1.56. The van der Waals surface area contributed by atoms with Crippen molar-refractivity contribution in [3.8, 4) is 0 Å². The zero-order valence-corrected chi connectivity index (χ0v) is 6.03. The van der Waals surface area contributed by atoms with Crippen LogP contribution in [0.5, 0.6) is 0 Å². The van der Waals surface area contributed by atoms with Crippen molar-refractivity contribution in [3.05, 3.63) is 24.0 Å². The SMILES string of the molecule is O=C(O)C1C=CN2CCC=C12. The molecule has 0 aromatic carbocycles. The summed E-state index contributed by atoms with van der Waals surface area (Å²) in [6.07, 6.45) is 6.56. The molecule has 2 aliphatic heterocycles. The lowest BCUT2D eigenvalue weighted by atomic mass is 10.1. The summed E-state index contributed by atoms with van der Waals surface area (Å²) < 4.78 is 0. The minimum atomic E-state index is -0.753. The Kier molecular flexibility index (Phi) is 1.24. The van der Waals surface area contributed by atoms with Crippen molar-refractivity contribution in [2.45, 2.75) is 6.42 Å². The molecule has 0 spiro atoms. The number of nitrogens with zero attached hydrogens (tertiary/aromatic N) is 1. The fourth-order valence-electron chi connectivity index (χ4n) is 1.56. The van der Waals surface area contributed by atoms with Crippen LogP contribution in [0.15, 0.2) is 24.0 Å². The maximum atomic E-state index is 10.6. The van der Waals surface area contributed by atoms with Gasteiger partial charge in [-0.1, -0.05) is 6.08 Å². The zero-order valence-electron chi connectivity index (χ0n) is 6.03. The van der Waals surface area contributed by atoms with E-state index in [2.05, 4.69) is 0 Å². The van der Waals surface area contributed by atoms with E-state index in [9.17, 15) is 4.79 Å². The Morgan fingerprint density at radius 1 is 1.73 bits per heavy atom.